The quantitative estimate of drug-likeness (QED) is 0.538. The highest BCUT2D eigenvalue weighted by atomic mass is 16.5. The smallest absolute Gasteiger partial charge is 0.257 e. The van der Waals surface area contributed by atoms with E-state index in [1.807, 2.05) is 36.4 Å². The summed E-state index contributed by atoms with van der Waals surface area (Å²) in [4.78, 5) is 42.2. The number of methoxy groups -OCH3 is 1. The van der Waals surface area contributed by atoms with E-state index in [2.05, 4.69) is 0 Å². The maximum absolute atomic E-state index is 13.5. The molecule has 3 amide bonds. The van der Waals surface area contributed by atoms with Crippen LogP contribution in [0.5, 0.6) is 5.75 Å². The molecule has 0 saturated carbocycles. The number of anilines is 1. The summed E-state index contributed by atoms with van der Waals surface area (Å²) in [5.74, 6) is -0.334. The van der Waals surface area contributed by atoms with Gasteiger partial charge in [-0.05, 0) is 48.4 Å². The lowest BCUT2D eigenvalue weighted by molar-refractivity contribution is -0.122. The predicted molar refractivity (Wildman–Crippen MR) is 122 cm³/mol. The number of benzene rings is 3. The number of amides is 3. The number of imide groups is 1. The van der Waals surface area contributed by atoms with Gasteiger partial charge in [-0.15, -0.1) is 0 Å². The maximum atomic E-state index is 13.5. The lowest BCUT2D eigenvalue weighted by Crippen LogP contribution is -2.46. The van der Waals surface area contributed by atoms with Gasteiger partial charge in [-0.25, -0.2) is 4.90 Å². The van der Waals surface area contributed by atoms with Crippen LogP contribution >= 0.6 is 0 Å². The molecule has 1 heterocycles. The van der Waals surface area contributed by atoms with E-state index in [0.717, 1.165) is 5.56 Å². The van der Waals surface area contributed by atoms with E-state index in [9.17, 15) is 14.4 Å². The van der Waals surface area contributed by atoms with Crippen molar-refractivity contribution < 1.29 is 19.1 Å². The number of para-hydroxylation sites is 1. The van der Waals surface area contributed by atoms with Crippen LogP contribution in [0, 0.1) is 0 Å². The van der Waals surface area contributed by atoms with Gasteiger partial charge in [-0.2, -0.15) is 0 Å². The standard InChI is InChI=1S/C26H24N2O4/c1-32-22-14-12-20(13-15-22)25(30)27(17-16-19-8-4-2-5-9-19)23-18-24(29)28(26(23)31)21-10-6-3-7-11-21/h2-15,23H,16-18H2,1H3. The monoisotopic (exact) mass is 428 g/mol. The van der Waals surface area contributed by atoms with E-state index in [4.69, 9.17) is 4.74 Å². The van der Waals surface area contributed by atoms with E-state index in [1.165, 1.54) is 9.80 Å². The average molecular weight is 428 g/mol. The van der Waals surface area contributed by atoms with Crippen molar-refractivity contribution in [2.24, 2.45) is 0 Å². The molecule has 1 aliphatic heterocycles. The molecule has 0 spiro atoms. The van der Waals surface area contributed by atoms with Crippen molar-refractivity contribution in [3.05, 3.63) is 96.1 Å². The minimum absolute atomic E-state index is 0.0373. The number of carbonyl (C=O) groups is 3. The summed E-state index contributed by atoms with van der Waals surface area (Å²) in [6.07, 6.45) is 0.538. The van der Waals surface area contributed by atoms with Crippen molar-refractivity contribution in [2.75, 3.05) is 18.6 Å². The maximum Gasteiger partial charge on any atom is 0.257 e. The number of hydrogen-bond donors (Lipinski definition) is 0. The first-order chi connectivity index (χ1) is 15.6. The van der Waals surface area contributed by atoms with Crippen LogP contribution in [-0.2, 0) is 16.0 Å². The third kappa shape index (κ3) is 4.39. The van der Waals surface area contributed by atoms with Gasteiger partial charge in [0.2, 0.25) is 5.91 Å². The van der Waals surface area contributed by atoms with E-state index in [0.29, 0.717) is 30.0 Å². The number of ether oxygens (including phenoxy) is 1. The molecule has 1 fully saturated rings. The average Bonchev–Trinajstić information content (AvgIpc) is 3.14. The van der Waals surface area contributed by atoms with Gasteiger partial charge in [-0.1, -0.05) is 48.5 Å². The Morgan fingerprint density at radius 2 is 1.56 bits per heavy atom. The summed E-state index contributed by atoms with van der Waals surface area (Å²) in [5.41, 5.74) is 2.01. The highest BCUT2D eigenvalue weighted by Gasteiger charge is 2.44. The molecule has 1 atom stereocenters. The fraction of sp³-hybridized carbons (Fsp3) is 0.192. The summed E-state index contributed by atoms with van der Waals surface area (Å²) in [7, 11) is 1.56. The van der Waals surface area contributed by atoms with Gasteiger partial charge in [0.1, 0.15) is 11.8 Å². The molecule has 3 aromatic carbocycles. The van der Waals surface area contributed by atoms with Crippen molar-refractivity contribution in [1.29, 1.82) is 0 Å². The molecule has 4 rings (SSSR count). The van der Waals surface area contributed by atoms with Crippen molar-refractivity contribution in [3.63, 3.8) is 0 Å². The number of carbonyl (C=O) groups excluding carboxylic acids is 3. The summed E-state index contributed by atoms with van der Waals surface area (Å²) in [6, 6.07) is 24.5. The predicted octanol–water partition coefficient (Wildman–Crippen LogP) is 3.71. The summed E-state index contributed by atoms with van der Waals surface area (Å²) in [5, 5.41) is 0. The molecule has 0 radical (unpaired) electrons. The molecule has 3 aromatic rings. The molecule has 0 aliphatic carbocycles. The van der Waals surface area contributed by atoms with Gasteiger partial charge >= 0.3 is 0 Å². The van der Waals surface area contributed by atoms with E-state index >= 15 is 0 Å². The highest BCUT2D eigenvalue weighted by Crippen LogP contribution is 2.27. The van der Waals surface area contributed by atoms with Crippen LogP contribution in [0.2, 0.25) is 0 Å². The minimum atomic E-state index is -0.846. The van der Waals surface area contributed by atoms with Gasteiger partial charge in [0, 0.05) is 12.1 Å². The van der Waals surface area contributed by atoms with Crippen LogP contribution in [0.15, 0.2) is 84.9 Å². The van der Waals surface area contributed by atoms with E-state index in [-0.39, 0.29) is 24.1 Å². The zero-order valence-corrected chi connectivity index (χ0v) is 17.8. The fourth-order valence-corrected chi connectivity index (χ4v) is 3.90. The molecule has 1 aliphatic rings. The normalized spacial score (nSPS) is 15.7. The zero-order chi connectivity index (χ0) is 22.5. The zero-order valence-electron chi connectivity index (χ0n) is 17.8. The van der Waals surface area contributed by atoms with Gasteiger partial charge in [0.05, 0.1) is 19.2 Å². The van der Waals surface area contributed by atoms with E-state index < -0.39 is 6.04 Å². The van der Waals surface area contributed by atoms with Crippen molar-refractivity contribution in [2.45, 2.75) is 18.9 Å². The first-order valence-electron chi connectivity index (χ1n) is 10.5. The minimum Gasteiger partial charge on any atom is -0.497 e. The Morgan fingerprint density at radius 3 is 2.19 bits per heavy atom. The van der Waals surface area contributed by atoms with Crippen LogP contribution < -0.4 is 9.64 Å². The topological polar surface area (TPSA) is 66.9 Å². The second kappa shape index (κ2) is 9.47. The van der Waals surface area contributed by atoms with Gasteiger partial charge in [-0.3, -0.25) is 14.4 Å². The molecule has 0 aromatic heterocycles. The Bertz CT molecular complexity index is 1100. The first kappa shape index (κ1) is 21.3. The molecular weight excluding hydrogens is 404 g/mol. The Labute approximate surface area is 187 Å². The largest absolute Gasteiger partial charge is 0.497 e. The van der Waals surface area contributed by atoms with E-state index in [1.54, 1.807) is 55.6 Å². The van der Waals surface area contributed by atoms with Crippen LogP contribution in [0.25, 0.3) is 0 Å². The van der Waals surface area contributed by atoms with Gasteiger partial charge in [0.25, 0.3) is 11.8 Å². The molecule has 1 saturated heterocycles. The molecule has 6 nitrogen and oxygen atoms in total. The summed E-state index contributed by atoms with van der Waals surface area (Å²) in [6.45, 7) is 0.321. The Hall–Kier alpha value is -3.93. The second-order valence-corrected chi connectivity index (χ2v) is 7.59. The van der Waals surface area contributed by atoms with Crippen LogP contribution in [0.4, 0.5) is 5.69 Å². The van der Waals surface area contributed by atoms with Crippen molar-refractivity contribution >= 4 is 23.4 Å². The van der Waals surface area contributed by atoms with Crippen molar-refractivity contribution in [1.82, 2.24) is 4.90 Å². The summed E-state index contributed by atoms with van der Waals surface area (Å²) < 4.78 is 5.18. The lowest BCUT2D eigenvalue weighted by Gasteiger charge is -2.28. The third-order valence-corrected chi connectivity index (χ3v) is 5.60. The first-order valence-corrected chi connectivity index (χ1v) is 10.5. The second-order valence-electron chi connectivity index (χ2n) is 7.59. The van der Waals surface area contributed by atoms with Crippen LogP contribution in [0.3, 0.4) is 0 Å². The van der Waals surface area contributed by atoms with Crippen LogP contribution in [-0.4, -0.2) is 42.3 Å². The number of rotatable bonds is 7. The molecule has 6 heteroatoms. The third-order valence-electron chi connectivity index (χ3n) is 5.60. The van der Waals surface area contributed by atoms with Crippen LogP contribution in [0.1, 0.15) is 22.3 Å². The Morgan fingerprint density at radius 1 is 0.938 bits per heavy atom. The number of hydrogen-bond acceptors (Lipinski definition) is 4. The number of nitrogens with zero attached hydrogens (tertiary/aromatic N) is 2. The Balaban J connectivity index is 1.62. The summed E-state index contributed by atoms with van der Waals surface area (Å²) >= 11 is 0. The molecule has 32 heavy (non-hydrogen) atoms. The SMILES string of the molecule is COc1ccc(C(=O)N(CCc2ccccc2)C2CC(=O)N(c3ccccc3)C2=O)cc1. The van der Waals surface area contributed by atoms with Gasteiger partial charge < -0.3 is 9.64 Å². The highest BCUT2D eigenvalue weighted by molar-refractivity contribution is 6.23. The lowest BCUT2D eigenvalue weighted by atomic mass is 10.1. The Kier molecular flexibility index (Phi) is 6.31. The molecule has 162 valence electrons. The molecule has 1 unspecified atom stereocenters. The molecule has 0 bridgehead atoms. The van der Waals surface area contributed by atoms with Crippen molar-refractivity contribution in [3.8, 4) is 5.75 Å². The fourth-order valence-electron chi connectivity index (χ4n) is 3.90. The van der Waals surface area contributed by atoms with Gasteiger partial charge in [0.15, 0.2) is 0 Å². The molecule has 0 N–H and O–H groups in total. The molecular formula is C26H24N2O4.